The van der Waals surface area contributed by atoms with Gasteiger partial charge in [-0.1, -0.05) is 49.6 Å². The van der Waals surface area contributed by atoms with E-state index < -0.39 is 41.9 Å². The minimum atomic E-state index is -1.77. The molecule has 7 N–H and O–H groups in total. The first-order chi connectivity index (χ1) is 16.6. The number of nitrogens with zero attached hydrogens (tertiary/aromatic N) is 1. The number of hydrogen-bond donors (Lipinski definition) is 7. The number of guanidine groups is 1. The third kappa shape index (κ3) is 9.22. The minimum Gasteiger partial charge on any atom is -0.426 e. The van der Waals surface area contributed by atoms with E-state index in [0.717, 1.165) is 10.8 Å². The molecule has 2 amide bonds. The molecular weight excluding hydrogens is 455 g/mol. The molecular formula is C22H31BN6O6. The molecule has 13 heteroatoms. The van der Waals surface area contributed by atoms with Crippen LogP contribution in [0, 0.1) is 21.4 Å². The standard InChI is InChI=1S/C22H31BN6O6/c1-14(2)12-19(23(32)33)27-21(31)18(8-5-11-25-22(24)28-29(34)35)26-20(30)17-10-9-15-6-3-4-7-16(15)13-17/h3-4,6-7,9-10,13-14,18-19,32-33H,5,8,11-12H2,1-2H3,(H,26,30)(H,27,31)(H3,24,25,28)/t18-,19-/m0/s1. The molecule has 0 saturated heterocycles. The molecule has 0 radical (unpaired) electrons. The molecule has 2 rings (SSSR count). The summed E-state index contributed by atoms with van der Waals surface area (Å²) in [7, 11) is -1.77. The zero-order chi connectivity index (χ0) is 26.0. The maximum absolute atomic E-state index is 13.0. The highest BCUT2D eigenvalue weighted by molar-refractivity contribution is 6.43. The molecule has 0 heterocycles. The predicted molar refractivity (Wildman–Crippen MR) is 132 cm³/mol. The van der Waals surface area contributed by atoms with E-state index in [1.54, 1.807) is 23.6 Å². The molecule has 2 atom stereocenters. The van der Waals surface area contributed by atoms with Crippen molar-refractivity contribution in [2.24, 2.45) is 5.92 Å². The number of hydrogen-bond acceptors (Lipinski definition) is 7. The fourth-order valence-electron chi connectivity index (χ4n) is 3.54. The Morgan fingerprint density at radius 1 is 1.11 bits per heavy atom. The molecule has 0 unspecified atom stereocenters. The van der Waals surface area contributed by atoms with E-state index in [-0.39, 0.29) is 25.3 Å². The van der Waals surface area contributed by atoms with Gasteiger partial charge in [0.1, 0.15) is 6.04 Å². The van der Waals surface area contributed by atoms with Gasteiger partial charge in [0.25, 0.3) is 11.9 Å². The number of amides is 2. The lowest BCUT2D eigenvalue weighted by Gasteiger charge is -2.24. The zero-order valence-corrected chi connectivity index (χ0v) is 19.7. The number of benzene rings is 2. The molecule has 2 aromatic rings. The van der Waals surface area contributed by atoms with Crippen molar-refractivity contribution in [2.45, 2.75) is 45.1 Å². The van der Waals surface area contributed by atoms with E-state index >= 15 is 0 Å². The van der Waals surface area contributed by atoms with E-state index in [9.17, 15) is 29.8 Å². The summed E-state index contributed by atoms with van der Waals surface area (Å²) in [5.41, 5.74) is 2.03. The maximum Gasteiger partial charge on any atom is 0.475 e. The molecule has 0 bridgehead atoms. The summed E-state index contributed by atoms with van der Waals surface area (Å²) in [4.78, 5) is 36.3. The van der Waals surface area contributed by atoms with Crippen LogP contribution in [0.5, 0.6) is 0 Å². The van der Waals surface area contributed by atoms with Gasteiger partial charge in [0.15, 0.2) is 5.03 Å². The van der Waals surface area contributed by atoms with Crippen molar-refractivity contribution in [2.75, 3.05) is 6.54 Å². The topological polar surface area (TPSA) is 190 Å². The van der Waals surface area contributed by atoms with E-state index in [0.29, 0.717) is 12.0 Å². The number of fused-ring (bicyclic) bond motifs is 1. The molecule has 0 saturated carbocycles. The Labute approximate surface area is 203 Å². The molecule has 0 fully saturated rings. The molecule has 0 aliphatic heterocycles. The van der Waals surface area contributed by atoms with Gasteiger partial charge in [-0.05, 0) is 48.1 Å². The predicted octanol–water partition coefficient (Wildman–Crippen LogP) is 0.567. The second-order valence-corrected chi connectivity index (χ2v) is 8.56. The summed E-state index contributed by atoms with van der Waals surface area (Å²) < 4.78 is 0. The molecule has 2 aromatic carbocycles. The number of nitrogens with one attached hydrogen (secondary N) is 5. The van der Waals surface area contributed by atoms with E-state index in [4.69, 9.17) is 5.41 Å². The summed E-state index contributed by atoms with van der Waals surface area (Å²) in [6.45, 7) is 3.88. The van der Waals surface area contributed by atoms with Crippen LogP contribution in [0.1, 0.15) is 43.5 Å². The Morgan fingerprint density at radius 3 is 2.43 bits per heavy atom. The summed E-state index contributed by atoms with van der Waals surface area (Å²) in [5.74, 6) is -2.40. The molecule has 35 heavy (non-hydrogen) atoms. The number of carbonyl (C=O) groups excluding carboxylic acids is 2. The first-order valence-electron chi connectivity index (χ1n) is 11.3. The minimum absolute atomic E-state index is 0.0806. The summed E-state index contributed by atoms with van der Waals surface area (Å²) in [5, 5.41) is 45.9. The largest absolute Gasteiger partial charge is 0.475 e. The second-order valence-electron chi connectivity index (χ2n) is 8.56. The van der Waals surface area contributed by atoms with Gasteiger partial charge in [-0.25, -0.2) is 10.1 Å². The van der Waals surface area contributed by atoms with Crippen LogP contribution in [-0.4, -0.2) is 58.5 Å². The normalized spacial score (nSPS) is 12.5. The Kier molecular flexibility index (Phi) is 10.4. The van der Waals surface area contributed by atoms with Crippen molar-refractivity contribution < 1.29 is 24.7 Å². The maximum atomic E-state index is 13.0. The molecule has 0 aliphatic rings. The van der Waals surface area contributed by atoms with Gasteiger partial charge in [-0.15, -0.1) is 0 Å². The monoisotopic (exact) mass is 486 g/mol. The van der Waals surface area contributed by atoms with Crippen LogP contribution < -0.4 is 21.4 Å². The average Bonchev–Trinajstić information content (AvgIpc) is 2.79. The highest BCUT2D eigenvalue weighted by atomic mass is 16.7. The number of rotatable bonds is 12. The average molecular weight is 486 g/mol. The highest BCUT2D eigenvalue weighted by Crippen LogP contribution is 2.16. The first kappa shape index (κ1) is 27.5. The van der Waals surface area contributed by atoms with Crippen molar-refractivity contribution in [1.29, 1.82) is 5.41 Å². The smallest absolute Gasteiger partial charge is 0.426 e. The van der Waals surface area contributed by atoms with Crippen LogP contribution in [0.4, 0.5) is 0 Å². The van der Waals surface area contributed by atoms with Crippen LogP contribution in [0.3, 0.4) is 0 Å². The lowest BCUT2D eigenvalue weighted by Crippen LogP contribution is -2.54. The number of nitro groups is 1. The molecule has 0 spiro atoms. The van der Waals surface area contributed by atoms with Crippen molar-refractivity contribution in [3.05, 3.63) is 58.1 Å². The van der Waals surface area contributed by atoms with Crippen LogP contribution in [0.2, 0.25) is 0 Å². The van der Waals surface area contributed by atoms with Crippen LogP contribution in [-0.2, 0) is 4.79 Å². The number of carbonyl (C=O) groups is 2. The zero-order valence-electron chi connectivity index (χ0n) is 19.7. The Balaban J connectivity index is 2.11. The van der Waals surface area contributed by atoms with Gasteiger partial charge in [0, 0.05) is 12.1 Å². The molecule has 188 valence electrons. The van der Waals surface area contributed by atoms with Gasteiger partial charge in [-0.2, -0.15) is 0 Å². The number of hydrazine groups is 1. The van der Waals surface area contributed by atoms with Crippen molar-refractivity contribution in [3.63, 3.8) is 0 Å². The van der Waals surface area contributed by atoms with Crippen LogP contribution in [0.15, 0.2) is 42.5 Å². The lowest BCUT2D eigenvalue weighted by molar-refractivity contribution is -0.525. The van der Waals surface area contributed by atoms with Gasteiger partial charge in [0.05, 0.1) is 5.94 Å². The van der Waals surface area contributed by atoms with Gasteiger partial charge < -0.3 is 26.0 Å². The quantitative estimate of drug-likeness (QED) is 0.0566. The summed E-state index contributed by atoms with van der Waals surface area (Å²) in [6.07, 6.45) is 0.744. The van der Waals surface area contributed by atoms with E-state index in [2.05, 4.69) is 16.0 Å². The fraction of sp³-hybridized carbons (Fsp3) is 0.409. The van der Waals surface area contributed by atoms with Crippen molar-refractivity contribution in [1.82, 2.24) is 21.4 Å². The Morgan fingerprint density at radius 2 is 1.80 bits per heavy atom. The van der Waals surface area contributed by atoms with Gasteiger partial charge >= 0.3 is 7.12 Å². The lowest BCUT2D eigenvalue weighted by atomic mass is 9.75. The first-order valence-corrected chi connectivity index (χ1v) is 11.3. The van der Waals surface area contributed by atoms with Gasteiger partial charge in [-0.3, -0.25) is 15.0 Å². The van der Waals surface area contributed by atoms with Crippen LogP contribution in [0.25, 0.3) is 10.8 Å². The fourth-order valence-corrected chi connectivity index (χ4v) is 3.54. The van der Waals surface area contributed by atoms with Crippen molar-refractivity contribution in [3.8, 4) is 0 Å². The Bertz CT molecular complexity index is 1050. The van der Waals surface area contributed by atoms with E-state index in [1.165, 1.54) is 0 Å². The highest BCUT2D eigenvalue weighted by Gasteiger charge is 2.30. The van der Waals surface area contributed by atoms with Gasteiger partial charge in [0.2, 0.25) is 5.91 Å². The molecule has 0 aliphatic carbocycles. The Hall–Kier alpha value is -3.71. The van der Waals surface area contributed by atoms with E-state index in [1.807, 2.05) is 38.1 Å². The SMILES string of the molecule is CC(C)C[C@H](NC(=O)[C@H](CCCNC(=N)N[N+](=O)[O-])NC(=O)c1ccc2ccccc2c1)B(O)O. The third-order valence-corrected chi connectivity index (χ3v) is 5.22. The molecule has 12 nitrogen and oxygen atoms in total. The summed E-state index contributed by atoms with van der Waals surface area (Å²) >= 11 is 0. The second kappa shape index (κ2) is 13.3. The molecule has 0 aromatic heterocycles. The summed E-state index contributed by atoms with van der Waals surface area (Å²) in [6, 6.07) is 11.7. The third-order valence-electron chi connectivity index (χ3n) is 5.22. The van der Waals surface area contributed by atoms with Crippen molar-refractivity contribution >= 4 is 35.7 Å². The van der Waals surface area contributed by atoms with Crippen LogP contribution >= 0.6 is 0 Å².